The number of benzene rings is 1. The second kappa shape index (κ2) is 5.65. The number of ether oxygens (including phenoxy) is 1. The Labute approximate surface area is 145 Å². The Morgan fingerprint density at radius 2 is 1.60 bits per heavy atom. The first-order valence-electron chi connectivity index (χ1n) is 8.10. The van der Waals surface area contributed by atoms with Gasteiger partial charge in [0.1, 0.15) is 5.60 Å². The van der Waals surface area contributed by atoms with Crippen LogP contribution in [0, 0.1) is 5.92 Å². The summed E-state index contributed by atoms with van der Waals surface area (Å²) in [7, 11) is 0. The molecular weight excluding hydrogens is 324 g/mol. The molecule has 1 aromatic rings. The molecule has 0 bridgehead atoms. The van der Waals surface area contributed by atoms with Gasteiger partial charge in [-0.2, -0.15) is 0 Å². The molecule has 0 unspecified atom stereocenters. The number of hydrogen-bond donors (Lipinski definition) is 2. The highest BCUT2D eigenvalue weighted by molar-refractivity contribution is 6.22. The zero-order valence-corrected chi connectivity index (χ0v) is 14.5. The summed E-state index contributed by atoms with van der Waals surface area (Å²) < 4.78 is 5.29. The lowest BCUT2D eigenvalue weighted by Gasteiger charge is -2.40. The lowest BCUT2D eigenvalue weighted by Crippen LogP contribution is -2.55. The molecule has 1 aromatic carbocycles. The zero-order chi connectivity index (χ0) is 18.5. The molecule has 0 aliphatic carbocycles. The van der Waals surface area contributed by atoms with Crippen LogP contribution < -0.4 is 11.5 Å². The van der Waals surface area contributed by atoms with Gasteiger partial charge in [-0.1, -0.05) is 0 Å². The first kappa shape index (κ1) is 17.1. The molecule has 134 valence electrons. The molecule has 0 saturated carbocycles. The molecule has 2 aliphatic heterocycles. The summed E-state index contributed by atoms with van der Waals surface area (Å²) in [5.74, 6) is -0.714. The van der Waals surface area contributed by atoms with Crippen LogP contribution in [0.15, 0.2) is 12.1 Å². The standard InChI is InChI=1S/C17H22N4O4/c1-17(2,3)25-16(24)20-6-9(7-20)8-21-14(22)10-4-12(18)13(19)5-11(10)15(21)23/h4-5,9H,6-8,18-19H2,1-3H3. The van der Waals surface area contributed by atoms with Gasteiger partial charge in [-0.25, -0.2) is 4.79 Å². The molecule has 2 aliphatic rings. The number of carbonyl (C=O) groups is 3. The Balaban J connectivity index is 1.62. The van der Waals surface area contributed by atoms with Crippen molar-refractivity contribution < 1.29 is 19.1 Å². The number of carbonyl (C=O) groups excluding carboxylic acids is 3. The van der Waals surface area contributed by atoms with Crippen LogP contribution in [0.25, 0.3) is 0 Å². The van der Waals surface area contributed by atoms with Crippen LogP contribution in [0.2, 0.25) is 0 Å². The number of nitrogens with two attached hydrogens (primary N) is 2. The predicted octanol–water partition coefficient (Wildman–Crippen LogP) is 1.31. The second-order valence-corrected chi connectivity index (χ2v) is 7.50. The fraction of sp³-hybridized carbons (Fsp3) is 0.471. The van der Waals surface area contributed by atoms with Crippen LogP contribution in [0.3, 0.4) is 0 Å². The smallest absolute Gasteiger partial charge is 0.410 e. The van der Waals surface area contributed by atoms with Gasteiger partial charge in [-0.3, -0.25) is 14.5 Å². The maximum absolute atomic E-state index is 12.5. The van der Waals surface area contributed by atoms with Crippen LogP contribution in [-0.4, -0.2) is 52.9 Å². The van der Waals surface area contributed by atoms with E-state index in [0.29, 0.717) is 13.1 Å². The summed E-state index contributed by atoms with van der Waals surface area (Å²) >= 11 is 0. The fourth-order valence-electron chi connectivity index (χ4n) is 2.95. The van der Waals surface area contributed by atoms with E-state index in [1.807, 2.05) is 0 Å². The molecule has 2 heterocycles. The van der Waals surface area contributed by atoms with E-state index in [1.54, 1.807) is 25.7 Å². The van der Waals surface area contributed by atoms with E-state index in [-0.39, 0.29) is 52.9 Å². The highest BCUT2D eigenvalue weighted by Crippen LogP contribution is 2.30. The average Bonchev–Trinajstić information content (AvgIpc) is 2.65. The number of nitrogen functional groups attached to an aromatic ring is 2. The lowest BCUT2D eigenvalue weighted by atomic mass is 10.0. The number of nitrogens with zero attached hydrogens (tertiary/aromatic N) is 2. The number of fused-ring (bicyclic) bond motifs is 1. The average molecular weight is 346 g/mol. The van der Waals surface area contributed by atoms with Gasteiger partial charge >= 0.3 is 6.09 Å². The summed E-state index contributed by atoms with van der Waals surface area (Å²) in [6.45, 7) is 6.57. The Kier molecular flexibility index (Phi) is 3.85. The van der Waals surface area contributed by atoms with Crippen LogP contribution in [-0.2, 0) is 4.74 Å². The minimum absolute atomic E-state index is 0.0319. The highest BCUT2D eigenvalue weighted by atomic mass is 16.6. The largest absolute Gasteiger partial charge is 0.444 e. The number of imide groups is 1. The molecule has 1 fully saturated rings. The van der Waals surface area contributed by atoms with Crippen molar-refractivity contribution in [2.75, 3.05) is 31.1 Å². The molecule has 3 amide bonds. The molecule has 0 atom stereocenters. The van der Waals surface area contributed by atoms with Crippen molar-refractivity contribution in [2.24, 2.45) is 5.92 Å². The van der Waals surface area contributed by atoms with Crippen LogP contribution in [0.1, 0.15) is 41.5 Å². The van der Waals surface area contributed by atoms with E-state index in [0.717, 1.165) is 0 Å². The molecular formula is C17H22N4O4. The summed E-state index contributed by atoms with van der Waals surface area (Å²) in [5.41, 5.74) is 12.0. The van der Waals surface area contributed by atoms with Gasteiger partial charge in [0.05, 0.1) is 22.5 Å². The molecule has 8 heteroatoms. The van der Waals surface area contributed by atoms with E-state index in [4.69, 9.17) is 16.2 Å². The van der Waals surface area contributed by atoms with Crippen molar-refractivity contribution in [3.8, 4) is 0 Å². The van der Waals surface area contributed by atoms with Crippen LogP contribution in [0.4, 0.5) is 16.2 Å². The quantitative estimate of drug-likeness (QED) is 0.615. The number of likely N-dealkylation sites (tertiary alicyclic amines) is 1. The first-order chi connectivity index (χ1) is 11.6. The van der Waals surface area contributed by atoms with Crippen LogP contribution in [0.5, 0.6) is 0 Å². The van der Waals surface area contributed by atoms with Gasteiger partial charge in [-0.15, -0.1) is 0 Å². The Morgan fingerprint density at radius 3 is 2.04 bits per heavy atom. The van der Waals surface area contributed by atoms with Crippen molar-refractivity contribution in [1.29, 1.82) is 0 Å². The predicted molar refractivity (Wildman–Crippen MR) is 91.9 cm³/mol. The zero-order valence-electron chi connectivity index (χ0n) is 14.5. The minimum atomic E-state index is -0.551. The SMILES string of the molecule is CC(C)(C)OC(=O)N1CC(CN2C(=O)c3cc(N)c(N)cc3C2=O)C1. The Hall–Kier alpha value is -2.77. The molecule has 1 saturated heterocycles. The second-order valence-electron chi connectivity index (χ2n) is 7.50. The first-order valence-corrected chi connectivity index (χ1v) is 8.10. The van der Waals surface area contributed by atoms with Crippen molar-refractivity contribution >= 4 is 29.3 Å². The van der Waals surface area contributed by atoms with Crippen LogP contribution >= 0.6 is 0 Å². The summed E-state index contributed by atoms with van der Waals surface area (Å²) in [4.78, 5) is 39.6. The third kappa shape index (κ3) is 3.11. The molecule has 0 aromatic heterocycles. The number of anilines is 2. The van der Waals surface area contributed by atoms with Gasteiger partial charge in [0.2, 0.25) is 0 Å². The molecule has 4 N–H and O–H groups in total. The normalized spacial score (nSPS) is 17.6. The number of hydrogen-bond acceptors (Lipinski definition) is 6. The minimum Gasteiger partial charge on any atom is -0.444 e. The van der Waals surface area contributed by atoms with Crippen molar-refractivity contribution in [1.82, 2.24) is 9.80 Å². The molecule has 0 radical (unpaired) electrons. The van der Waals surface area contributed by atoms with Gasteiger partial charge < -0.3 is 21.1 Å². The molecule has 25 heavy (non-hydrogen) atoms. The lowest BCUT2D eigenvalue weighted by molar-refractivity contribution is -0.00439. The van der Waals surface area contributed by atoms with Crippen molar-refractivity contribution in [3.05, 3.63) is 23.3 Å². The molecule has 3 rings (SSSR count). The maximum Gasteiger partial charge on any atom is 0.410 e. The summed E-state index contributed by atoms with van der Waals surface area (Å²) in [6.07, 6.45) is -0.383. The third-order valence-corrected chi connectivity index (χ3v) is 4.22. The van der Waals surface area contributed by atoms with E-state index < -0.39 is 5.60 Å². The van der Waals surface area contributed by atoms with Gasteiger partial charge in [0, 0.05) is 25.6 Å². The Morgan fingerprint density at radius 1 is 1.12 bits per heavy atom. The number of rotatable bonds is 2. The number of amides is 3. The van der Waals surface area contributed by atoms with E-state index in [1.165, 1.54) is 17.0 Å². The molecule has 8 nitrogen and oxygen atoms in total. The Bertz CT molecular complexity index is 722. The fourth-order valence-corrected chi connectivity index (χ4v) is 2.95. The highest BCUT2D eigenvalue weighted by Gasteiger charge is 2.41. The van der Waals surface area contributed by atoms with E-state index in [2.05, 4.69) is 0 Å². The van der Waals surface area contributed by atoms with Crippen molar-refractivity contribution in [3.63, 3.8) is 0 Å². The topological polar surface area (TPSA) is 119 Å². The summed E-state index contributed by atoms with van der Waals surface area (Å²) in [5, 5.41) is 0. The third-order valence-electron chi connectivity index (χ3n) is 4.22. The van der Waals surface area contributed by atoms with E-state index >= 15 is 0 Å². The monoisotopic (exact) mass is 346 g/mol. The van der Waals surface area contributed by atoms with Gasteiger partial charge in [0.25, 0.3) is 11.8 Å². The van der Waals surface area contributed by atoms with Gasteiger partial charge in [-0.05, 0) is 32.9 Å². The van der Waals surface area contributed by atoms with E-state index in [9.17, 15) is 14.4 Å². The van der Waals surface area contributed by atoms with Crippen molar-refractivity contribution in [2.45, 2.75) is 26.4 Å². The maximum atomic E-state index is 12.5. The molecule has 0 spiro atoms. The van der Waals surface area contributed by atoms with Gasteiger partial charge in [0.15, 0.2) is 0 Å². The summed E-state index contributed by atoms with van der Waals surface area (Å²) in [6, 6.07) is 2.89.